The maximum absolute atomic E-state index is 13.0. The number of hydrogen-bond donors (Lipinski definition) is 3. The maximum Gasteiger partial charge on any atom is 0.242 e. The van der Waals surface area contributed by atoms with E-state index in [1.165, 1.54) is 0 Å². The molecule has 0 radical (unpaired) electrons. The largest absolute Gasteiger partial charge is 0.409 e. The standard InChI is InChI=1S/C10H15FN4O3S/c1-2-8(4-10(12)14-16)15-19(17,18)9-3-7(11)5-13-6-9/h3,5-6,8,15-16H,2,4H2,1H3,(H2,12,14). The van der Waals surface area contributed by atoms with E-state index in [2.05, 4.69) is 14.9 Å². The van der Waals surface area contributed by atoms with Crippen LogP contribution in [0.4, 0.5) is 4.39 Å². The van der Waals surface area contributed by atoms with Crippen LogP contribution in [0.2, 0.25) is 0 Å². The summed E-state index contributed by atoms with van der Waals surface area (Å²) < 4.78 is 39.2. The Hall–Kier alpha value is -1.74. The monoisotopic (exact) mass is 290 g/mol. The molecule has 1 rings (SSSR count). The predicted octanol–water partition coefficient (Wildman–Crippen LogP) is 0.414. The van der Waals surface area contributed by atoms with Crippen LogP contribution < -0.4 is 10.5 Å². The molecule has 0 aromatic carbocycles. The van der Waals surface area contributed by atoms with Gasteiger partial charge in [-0.1, -0.05) is 12.1 Å². The van der Waals surface area contributed by atoms with Gasteiger partial charge in [-0.2, -0.15) is 0 Å². The summed E-state index contributed by atoms with van der Waals surface area (Å²) in [5, 5.41) is 11.2. The summed E-state index contributed by atoms with van der Waals surface area (Å²) in [5.41, 5.74) is 5.32. The SMILES string of the molecule is CCC(C/C(N)=N/O)NS(=O)(=O)c1cncc(F)c1. The van der Waals surface area contributed by atoms with Crippen LogP contribution in [-0.4, -0.2) is 30.5 Å². The van der Waals surface area contributed by atoms with Crippen LogP contribution in [0.5, 0.6) is 0 Å². The third kappa shape index (κ3) is 4.45. The molecule has 0 aliphatic heterocycles. The predicted molar refractivity (Wildman–Crippen MR) is 66.6 cm³/mol. The Kier molecular flexibility index (Phi) is 5.19. The van der Waals surface area contributed by atoms with Gasteiger partial charge in [0.15, 0.2) is 0 Å². The lowest BCUT2D eigenvalue weighted by atomic mass is 10.1. The Bertz CT molecular complexity index is 562. The van der Waals surface area contributed by atoms with E-state index in [1.54, 1.807) is 6.92 Å². The molecule has 19 heavy (non-hydrogen) atoms. The molecule has 0 aliphatic rings. The summed E-state index contributed by atoms with van der Waals surface area (Å²) in [6, 6.07) is 0.315. The molecule has 9 heteroatoms. The number of pyridine rings is 1. The third-order valence-electron chi connectivity index (χ3n) is 2.39. The highest BCUT2D eigenvalue weighted by molar-refractivity contribution is 7.89. The fraction of sp³-hybridized carbons (Fsp3) is 0.400. The van der Waals surface area contributed by atoms with Gasteiger partial charge in [0.1, 0.15) is 16.5 Å². The van der Waals surface area contributed by atoms with E-state index in [0.717, 1.165) is 18.5 Å². The normalized spacial score (nSPS) is 14.3. The van der Waals surface area contributed by atoms with Crippen LogP contribution in [0.1, 0.15) is 19.8 Å². The molecular weight excluding hydrogens is 275 g/mol. The van der Waals surface area contributed by atoms with Gasteiger partial charge in [-0.05, 0) is 12.5 Å². The first-order valence-electron chi connectivity index (χ1n) is 5.48. The molecule has 1 aromatic heterocycles. The smallest absolute Gasteiger partial charge is 0.242 e. The lowest BCUT2D eigenvalue weighted by Crippen LogP contribution is -2.37. The van der Waals surface area contributed by atoms with Crippen molar-refractivity contribution in [3.05, 3.63) is 24.3 Å². The Morgan fingerprint density at radius 3 is 2.84 bits per heavy atom. The second kappa shape index (κ2) is 6.43. The highest BCUT2D eigenvalue weighted by atomic mass is 32.2. The number of nitrogens with two attached hydrogens (primary N) is 1. The van der Waals surface area contributed by atoms with Crippen molar-refractivity contribution in [1.29, 1.82) is 0 Å². The first-order chi connectivity index (χ1) is 8.89. The van der Waals surface area contributed by atoms with E-state index in [9.17, 15) is 12.8 Å². The molecule has 0 bridgehead atoms. The molecular formula is C10H15FN4O3S. The second-order valence-corrected chi connectivity index (χ2v) is 5.57. The summed E-state index contributed by atoms with van der Waals surface area (Å²) in [5.74, 6) is -0.834. The minimum atomic E-state index is -3.89. The van der Waals surface area contributed by atoms with E-state index in [4.69, 9.17) is 10.9 Å². The third-order valence-corrected chi connectivity index (χ3v) is 3.88. The molecule has 4 N–H and O–H groups in total. The number of sulfonamides is 1. The van der Waals surface area contributed by atoms with Gasteiger partial charge in [0.2, 0.25) is 10.0 Å². The first-order valence-corrected chi connectivity index (χ1v) is 6.96. The summed E-state index contributed by atoms with van der Waals surface area (Å²) in [6.45, 7) is 1.74. The van der Waals surface area contributed by atoms with Gasteiger partial charge in [-0.3, -0.25) is 4.98 Å². The van der Waals surface area contributed by atoms with E-state index >= 15 is 0 Å². The number of rotatable bonds is 6. The summed E-state index contributed by atoms with van der Waals surface area (Å²) >= 11 is 0. The van der Waals surface area contributed by atoms with Crippen LogP contribution >= 0.6 is 0 Å². The summed E-state index contributed by atoms with van der Waals surface area (Å²) in [4.78, 5) is 3.21. The number of oxime groups is 1. The molecule has 0 amide bonds. The molecule has 0 saturated heterocycles. The van der Waals surface area contributed by atoms with Gasteiger partial charge in [0.05, 0.1) is 6.20 Å². The molecule has 1 unspecified atom stereocenters. The van der Waals surface area contributed by atoms with Crippen molar-refractivity contribution in [2.45, 2.75) is 30.7 Å². The van der Waals surface area contributed by atoms with E-state index in [0.29, 0.717) is 6.42 Å². The van der Waals surface area contributed by atoms with Gasteiger partial charge in [-0.15, -0.1) is 0 Å². The average molecular weight is 290 g/mol. The topological polar surface area (TPSA) is 118 Å². The zero-order valence-corrected chi connectivity index (χ0v) is 11.1. The zero-order valence-electron chi connectivity index (χ0n) is 10.2. The van der Waals surface area contributed by atoms with Gasteiger partial charge >= 0.3 is 0 Å². The van der Waals surface area contributed by atoms with Crippen LogP contribution in [-0.2, 0) is 10.0 Å². The van der Waals surface area contributed by atoms with Crippen molar-refractivity contribution in [2.75, 3.05) is 0 Å². The van der Waals surface area contributed by atoms with Gasteiger partial charge in [0.25, 0.3) is 0 Å². The molecule has 0 saturated carbocycles. The van der Waals surface area contributed by atoms with Crippen molar-refractivity contribution in [3.63, 3.8) is 0 Å². The van der Waals surface area contributed by atoms with Crippen molar-refractivity contribution in [3.8, 4) is 0 Å². The fourth-order valence-corrected chi connectivity index (χ4v) is 2.68. The van der Waals surface area contributed by atoms with E-state index in [1.807, 2.05) is 0 Å². The minimum Gasteiger partial charge on any atom is -0.409 e. The van der Waals surface area contributed by atoms with Crippen molar-refractivity contribution >= 4 is 15.9 Å². The molecule has 7 nitrogen and oxygen atoms in total. The lowest BCUT2D eigenvalue weighted by Gasteiger charge is -2.16. The number of halogens is 1. The Balaban J connectivity index is 2.89. The van der Waals surface area contributed by atoms with Crippen LogP contribution in [0, 0.1) is 5.82 Å². The van der Waals surface area contributed by atoms with Crippen molar-refractivity contribution < 1.29 is 18.0 Å². The quantitative estimate of drug-likeness (QED) is 0.303. The van der Waals surface area contributed by atoms with Crippen molar-refractivity contribution in [2.24, 2.45) is 10.9 Å². The first kappa shape index (κ1) is 15.3. The zero-order chi connectivity index (χ0) is 14.5. The van der Waals surface area contributed by atoms with E-state index in [-0.39, 0.29) is 17.2 Å². The summed E-state index contributed by atoms with van der Waals surface area (Å²) in [6.07, 6.45) is 2.43. The number of nitrogens with one attached hydrogen (secondary N) is 1. The average Bonchev–Trinajstić information content (AvgIpc) is 2.37. The fourth-order valence-electron chi connectivity index (χ4n) is 1.39. The Morgan fingerprint density at radius 2 is 2.32 bits per heavy atom. The van der Waals surface area contributed by atoms with Crippen LogP contribution in [0.3, 0.4) is 0 Å². The number of aromatic nitrogens is 1. The van der Waals surface area contributed by atoms with Crippen molar-refractivity contribution in [1.82, 2.24) is 9.71 Å². The van der Waals surface area contributed by atoms with Crippen LogP contribution in [0.25, 0.3) is 0 Å². The molecule has 0 fully saturated rings. The number of hydrogen-bond acceptors (Lipinski definition) is 5. The number of amidine groups is 1. The Labute approximate surface area is 110 Å². The van der Waals surface area contributed by atoms with E-state index < -0.39 is 21.9 Å². The molecule has 1 atom stereocenters. The van der Waals surface area contributed by atoms with Gasteiger partial charge in [0, 0.05) is 18.7 Å². The molecule has 0 aliphatic carbocycles. The Morgan fingerprint density at radius 1 is 1.63 bits per heavy atom. The number of nitrogens with zero attached hydrogens (tertiary/aromatic N) is 2. The lowest BCUT2D eigenvalue weighted by molar-refractivity contribution is 0.316. The minimum absolute atomic E-state index is 0.0506. The highest BCUT2D eigenvalue weighted by Crippen LogP contribution is 2.11. The highest BCUT2D eigenvalue weighted by Gasteiger charge is 2.20. The maximum atomic E-state index is 13.0. The molecule has 0 spiro atoms. The molecule has 1 aromatic rings. The summed E-state index contributed by atoms with van der Waals surface area (Å²) in [7, 11) is -3.89. The van der Waals surface area contributed by atoms with Gasteiger partial charge in [-0.25, -0.2) is 17.5 Å². The molecule has 106 valence electrons. The van der Waals surface area contributed by atoms with Crippen LogP contribution in [0.15, 0.2) is 28.5 Å². The second-order valence-electron chi connectivity index (χ2n) is 3.86. The molecule has 1 heterocycles. The van der Waals surface area contributed by atoms with Gasteiger partial charge < -0.3 is 10.9 Å².